The number of ether oxygens (including phenoxy) is 2. The topological polar surface area (TPSA) is 113 Å². The predicted molar refractivity (Wildman–Crippen MR) is 120 cm³/mol. The molecule has 5 rings (SSSR count). The Labute approximate surface area is 194 Å². The quantitative estimate of drug-likeness (QED) is 0.442. The highest BCUT2D eigenvalue weighted by molar-refractivity contribution is 6.04. The number of carbonyl (C=O) groups excluding carboxylic acids is 3. The lowest BCUT2D eigenvalue weighted by atomic mass is 10.1. The number of imide groups is 1. The van der Waals surface area contributed by atoms with E-state index in [1.54, 1.807) is 18.3 Å². The Kier molecular flexibility index (Phi) is 5.79. The van der Waals surface area contributed by atoms with E-state index in [-0.39, 0.29) is 43.8 Å². The summed E-state index contributed by atoms with van der Waals surface area (Å²) in [6.45, 7) is 0.669. The Bertz CT molecular complexity index is 1270. The number of halogens is 1. The lowest BCUT2D eigenvalue weighted by molar-refractivity contribution is -0.127. The number of nitrogens with one attached hydrogen (secondary N) is 3. The minimum atomic E-state index is -0.746. The molecule has 0 unspecified atom stereocenters. The van der Waals surface area contributed by atoms with Gasteiger partial charge in [0.25, 0.3) is 5.91 Å². The fourth-order valence-corrected chi connectivity index (χ4v) is 4.19. The average molecular weight is 466 g/mol. The van der Waals surface area contributed by atoms with E-state index >= 15 is 0 Å². The maximum Gasteiger partial charge on any atom is 0.324 e. The molecule has 2 aromatic carbocycles. The van der Waals surface area contributed by atoms with Crippen LogP contribution in [0.15, 0.2) is 42.6 Å². The summed E-state index contributed by atoms with van der Waals surface area (Å²) in [6, 6.07) is 8.66. The number of H-pyrrole nitrogens is 1. The largest absolute Gasteiger partial charge is 0.454 e. The van der Waals surface area contributed by atoms with Gasteiger partial charge in [-0.05, 0) is 54.3 Å². The molecule has 0 saturated carbocycles. The third-order valence-electron chi connectivity index (χ3n) is 6.03. The van der Waals surface area contributed by atoms with E-state index in [4.69, 9.17) is 9.47 Å². The smallest absolute Gasteiger partial charge is 0.324 e. The fraction of sp³-hybridized carbons (Fsp3) is 0.292. The van der Waals surface area contributed by atoms with Gasteiger partial charge in [0.2, 0.25) is 12.7 Å². The number of rotatable bonds is 8. The van der Waals surface area contributed by atoms with Crippen LogP contribution >= 0.6 is 0 Å². The number of hydrogen-bond acceptors (Lipinski definition) is 5. The van der Waals surface area contributed by atoms with E-state index < -0.39 is 12.1 Å². The number of amides is 4. The van der Waals surface area contributed by atoms with Crippen LogP contribution < -0.4 is 20.1 Å². The van der Waals surface area contributed by atoms with Gasteiger partial charge in [-0.15, -0.1) is 0 Å². The summed E-state index contributed by atoms with van der Waals surface area (Å²) in [6.07, 6.45) is 2.44. The molecule has 10 heteroatoms. The van der Waals surface area contributed by atoms with Gasteiger partial charge in [-0.3, -0.25) is 14.5 Å². The Hall–Kier alpha value is -4.08. The average Bonchev–Trinajstić information content (AvgIpc) is 3.52. The van der Waals surface area contributed by atoms with Crippen molar-refractivity contribution >= 4 is 28.7 Å². The SMILES string of the molecule is O=C(CC[C@@H]1NC(=O)N(CCc2c[nH]c3ccc(F)cc23)C1=O)NCc1ccc2c(c1)OCO2. The molecule has 0 bridgehead atoms. The van der Waals surface area contributed by atoms with Crippen molar-refractivity contribution in [2.45, 2.75) is 31.8 Å². The highest BCUT2D eigenvalue weighted by Gasteiger charge is 2.37. The van der Waals surface area contributed by atoms with Crippen molar-refractivity contribution in [1.82, 2.24) is 20.5 Å². The van der Waals surface area contributed by atoms with Gasteiger partial charge in [0.1, 0.15) is 11.9 Å². The molecule has 1 aromatic heterocycles. The van der Waals surface area contributed by atoms with Crippen molar-refractivity contribution < 1.29 is 28.2 Å². The van der Waals surface area contributed by atoms with Crippen molar-refractivity contribution in [2.75, 3.05) is 13.3 Å². The van der Waals surface area contributed by atoms with Gasteiger partial charge in [-0.1, -0.05) is 6.07 Å². The number of aromatic nitrogens is 1. The first-order valence-corrected chi connectivity index (χ1v) is 11.0. The number of aromatic amines is 1. The van der Waals surface area contributed by atoms with Crippen LogP contribution in [0.4, 0.5) is 9.18 Å². The zero-order valence-corrected chi connectivity index (χ0v) is 18.2. The lowest BCUT2D eigenvalue weighted by Crippen LogP contribution is -2.33. The van der Waals surface area contributed by atoms with Crippen LogP contribution in [-0.4, -0.2) is 47.1 Å². The normalized spacial score (nSPS) is 16.9. The molecule has 0 spiro atoms. The maximum atomic E-state index is 13.6. The molecule has 1 saturated heterocycles. The van der Waals surface area contributed by atoms with Gasteiger partial charge in [0.15, 0.2) is 11.5 Å². The van der Waals surface area contributed by atoms with E-state index in [0.29, 0.717) is 24.5 Å². The molecule has 0 aliphatic carbocycles. The molecule has 3 heterocycles. The summed E-state index contributed by atoms with van der Waals surface area (Å²) in [5.41, 5.74) is 2.48. The van der Waals surface area contributed by atoms with E-state index in [2.05, 4.69) is 15.6 Å². The van der Waals surface area contributed by atoms with Crippen LogP contribution in [0.25, 0.3) is 10.9 Å². The standard InChI is InChI=1S/C24H23FN4O5/c25-16-2-3-18-17(10-16)15(12-26-18)7-8-29-23(31)19(28-24(29)32)4-6-22(30)27-11-14-1-5-20-21(9-14)34-13-33-20/h1-3,5,9-10,12,19,26H,4,6-8,11,13H2,(H,27,30)(H,28,32)/t19-/m0/s1. The minimum Gasteiger partial charge on any atom is -0.454 e. The molecule has 9 nitrogen and oxygen atoms in total. The van der Waals surface area contributed by atoms with Crippen LogP contribution in [0.1, 0.15) is 24.0 Å². The molecule has 1 fully saturated rings. The van der Waals surface area contributed by atoms with Crippen LogP contribution in [0.5, 0.6) is 11.5 Å². The van der Waals surface area contributed by atoms with Crippen LogP contribution in [0.3, 0.4) is 0 Å². The summed E-state index contributed by atoms with van der Waals surface area (Å²) in [5, 5.41) is 6.18. The van der Waals surface area contributed by atoms with Crippen molar-refractivity contribution in [2.24, 2.45) is 0 Å². The first-order valence-electron chi connectivity index (χ1n) is 11.0. The van der Waals surface area contributed by atoms with Crippen LogP contribution in [-0.2, 0) is 22.6 Å². The minimum absolute atomic E-state index is 0.0941. The second kappa shape index (κ2) is 9.05. The molecule has 34 heavy (non-hydrogen) atoms. The monoisotopic (exact) mass is 466 g/mol. The first kappa shape index (κ1) is 21.7. The molecule has 2 aliphatic heterocycles. The summed E-state index contributed by atoms with van der Waals surface area (Å²) in [5.74, 6) is 0.384. The van der Waals surface area contributed by atoms with Crippen LogP contribution in [0, 0.1) is 5.82 Å². The zero-order valence-electron chi connectivity index (χ0n) is 18.2. The molecule has 0 radical (unpaired) electrons. The molecule has 4 amide bonds. The summed E-state index contributed by atoms with van der Waals surface area (Å²) >= 11 is 0. The van der Waals surface area contributed by atoms with Crippen LogP contribution in [0.2, 0.25) is 0 Å². The molecular weight excluding hydrogens is 443 g/mol. The highest BCUT2D eigenvalue weighted by atomic mass is 19.1. The lowest BCUT2D eigenvalue weighted by Gasteiger charge is -2.13. The molecule has 3 aromatic rings. The second-order valence-corrected chi connectivity index (χ2v) is 8.25. The predicted octanol–water partition coefficient (Wildman–Crippen LogP) is 2.60. The maximum absolute atomic E-state index is 13.6. The number of fused-ring (bicyclic) bond motifs is 2. The molecule has 1 atom stereocenters. The molecular formula is C24H23FN4O5. The van der Waals surface area contributed by atoms with Gasteiger partial charge in [0.05, 0.1) is 0 Å². The number of nitrogens with zero attached hydrogens (tertiary/aromatic N) is 1. The van der Waals surface area contributed by atoms with E-state index in [9.17, 15) is 18.8 Å². The highest BCUT2D eigenvalue weighted by Crippen LogP contribution is 2.32. The Morgan fingerprint density at radius 2 is 2.00 bits per heavy atom. The van der Waals surface area contributed by atoms with Crippen molar-refractivity contribution in [1.29, 1.82) is 0 Å². The van der Waals surface area contributed by atoms with Gasteiger partial charge in [-0.2, -0.15) is 0 Å². The van der Waals surface area contributed by atoms with Crippen molar-refractivity contribution in [3.05, 3.63) is 59.5 Å². The van der Waals surface area contributed by atoms with Gasteiger partial charge >= 0.3 is 6.03 Å². The van der Waals surface area contributed by atoms with Crippen molar-refractivity contribution in [3.8, 4) is 11.5 Å². The summed E-state index contributed by atoms with van der Waals surface area (Å²) < 4.78 is 24.2. The summed E-state index contributed by atoms with van der Waals surface area (Å²) in [4.78, 5) is 41.5. The first-order chi connectivity index (χ1) is 16.5. The van der Waals surface area contributed by atoms with Gasteiger partial charge in [0, 0.05) is 36.6 Å². The summed E-state index contributed by atoms with van der Waals surface area (Å²) in [7, 11) is 0. The van der Waals surface area contributed by atoms with Crippen molar-refractivity contribution in [3.63, 3.8) is 0 Å². The third kappa shape index (κ3) is 4.39. The number of hydrogen-bond donors (Lipinski definition) is 3. The number of benzene rings is 2. The van der Waals surface area contributed by atoms with Gasteiger partial charge < -0.3 is 25.1 Å². The molecule has 176 valence electrons. The number of urea groups is 1. The second-order valence-electron chi connectivity index (χ2n) is 8.25. The third-order valence-corrected chi connectivity index (χ3v) is 6.03. The Morgan fingerprint density at radius 3 is 2.88 bits per heavy atom. The zero-order chi connectivity index (χ0) is 23.7. The van der Waals surface area contributed by atoms with E-state index in [1.807, 2.05) is 12.1 Å². The van der Waals surface area contributed by atoms with Gasteiger partial charge in [-0.25, -0.2) is 9.18 Å². The molecule has 3 N–H and O–H groups in total. The fourth-order valence-electron chi connectivity index (χ4n) is 4.19. The van der Waals surface area contributed by atoms with E-state index in [0.717, 1.165) is 26.9 Å². The Morgan fingerprint density at radius 1 is 1.15 bits per heavy atom. The molecule has 2 aliphatic rings. The van der Waals surface area contributed by atoms with E-state index in [1.165, 1.54) is 12.1 Å². The number of carbonyl (C=O) groups is 3. The Balaban J connectivity index is 1.10.